The number of hydrogen-bond donors (Lipinski definition) is 1. The Kier molecular flexibility index (Phi) is 4.44. The summed E-state index contributed by atoms with van der Waals surface area (Å²) in [5.41, 5.74) is 4.43. The Labute approximate surface area is 147 Å². The summed E-state index contributed by atoms with van der Waals surface area (Å²) in [5.74, 6) is -0.224. The average Bonchev–Trinajstić information content (AvgIpc) is 2.81. The Hall–Kier alpha value is -2.89. The number of aromatic nitrogens is 2. The molecule has 0 bridgehead atoms. The molecule has 0 saturated heterocycles. The van der Waals surface area contributed by atoms with Crippen molar-refractivity contribution < 1.29 is 9.59 Å². The van der Waals surface area contributed by atoms with E-state index in [0.29, 0.717) is 0 Å². The van der Waals surface area contributed by atoms with Gasteiger partial charge >= 0.3 is 0 Å². The second-order valence-electron chi connectivity index (χ2n) is 6.31. The SMILES string of the molecule is CC(=O)N1C=Cc2ccccc2C1CC(=O)Nc1c(C)nn(C)c1C. The van der Waals surface area contributed by atoms with Gasteiger partial charge in [0.2, 0.25) is 11.8 Å². The van der Waals surface area contributed by atoms with Gasteiger partial charge in [0.05, 0.1) is 29.5 Å². The van der Waals surface area contributed by atoms with Crippen LogP contribution in [-0.4, -0.2) is 26.5 Å². The molecule has 2 aromatic rings. The Balaban J connectivity index is 1.85. The number of rotatable bonds is 3. The van der Waals surface area contributed by atoms with E-state index in [9.17, 15) is 9.59 Å². The van der Waals surface area contributed by atoms with E-state index >= 15 is 0 Å². The Morgan fingerprint density at radius 3 is 2.60 bits per heavy atom. The highest BCUT2D eigenvalue weighted by atomic mass is 16.2. The zero-order chi connectivity index (χ0) is 18.1. The maximum atomic E-state index is 12.7. The molecule has 1 aliphatic rings. The maximum Gasteiger partial charge on any atom is 0.226 e. The summed E-state index contributed by atoms with van der Waals surface area (Å²) in [6.07, 6.45) is 3.85. The molecule has 25 heavy (non-hydrogen) atoms. The van der Waals surface area contributed by atoms with Gasteiger partial charge in [-0.05, 0) is 31.1 Å². The van der Waals surface area contributed by atoms with Gasteiger partial charge in [0.25, 0.3) is 0 Å². The second-order valence-corrected chi connectivity index (χ2v) is 6.31. The van der Waals surface area contributed by atoms with Crippen LogP contribution in [0.3, 0.4) is 0 Å². The third kappa shape index (κ3) is 3.20. The van der Waals surface area contributed by atoms with E-state index in [4.69, 9.17) is 0 Å². The molecular formula is C19H22N4O2. The lowest BCUT2D eigenvalue weighted by Gasteiger charge is -2.32. The molecule has 1 aliphatic heterocycles. The van der Waals surface area contributed by atoms with Crippen molar-refractivity contribution >= 4 is 23.6 Å². The quantitative estimate of drug-likeness (QED) is 0.935. The van der Waals surface area contributed by atoms with Gasteiger partial charge < -0.3 is 10.2 Å². The number of amides is 2. The summed E-state index contributed by atoms with van der Waals surface area (Å²) >= 11 is 0. The lowest BCUT2D eigenvalue weighted by molar-refractivity contribution is -0.129. The van der Waals surface area contributed by atoms with Crippen LogP contribution in [0.25, 0.3) is 6.08 Å². The van der Waals surface area contributed by atoms with Crippen molar-refractivity contribution in [3.8, 4) is 0 Å². The van der Waals surface area contributed by atoms with Crippen LogP contribution < -0.4 is 5.32 Å². The molecule has 1 atom stereocenters. The molecule has 1 unspecified atom stereocenters. The standard InChI is InChI=1S/C19H22N4O2/c1-12-19(13(2)22(4)21-12)20-18(25)11-17-16-8-6-5-7-15(16)9-10-23(17)14(3)24/h5-10,17H,11H2,1-4H3,(H,20,25). The molecule has 130 valence electrons. The zero-order valence-electron chi connectivity index (χ0n) is 14.9. The topological polar surface area (TPSA) is 67.2 Å². The molecule has 0 fully saturated rings. The molecule has 0 saturated carbocycles. The minimum Gasteiger partial charge on any atom is -0.323 e. The second kappa shape index (κ2) is 6.55. The first-order chi connectivity index (χ1) is 11.9. The third-order valence-corrected chi connectivity index (χ3v) is 4.62. The monoisotopic (exact) mass is 338 g/mol. The first kappa shape index (κ1) is 17.0. The normalized spacial score (nSPS) is 15.8. The number of carbonyl (C=O) groups excluding carboxylic acids is 2. The first-order valence-electron chi connectivity index (χ1n) is 8.24. The van der Waals surface area contributed by atoms with Crippen molar-refractivity contribution in [1.29, 1.82) is 0 Å². The number of aryl methyl sites for hydroxylation is 2. The molecule has 1 aromatic heterocycles. The molecular weight excluding hydrogens is 316 g/mol. The number of nitrogens with zero attached hydrogens (tertiary/aromatic N) is 3. The van der Waals surface area contributed by atoms with Crippen LogP contribution in [0.1, 0.15) is 41.9 Å². The highest BCUT2D eigenvalue weighted by molar-refractivity contribution is 5.93. The minimum atomic E-state index is -0.309. The van der Waals surface area contributed by atoms with E-state index in [1.54, 1.807) is 15.8 Å². The summed E-state index contributed by atoms with van der Waals surface area (Å²) in [4.78, 5) is 26.3. The highest BCUT2D eigenvalue weighted by Crippen LogP contribution is 2.33. The van der Waals surface area contributed by atoms with E-state index in [0.717, 1.165) is 28.2 Å². The van der Waals surface area contributed by atoms with Crippen molar-refractivity contribution in [2.75, 3.05) is 5.32 Å². The van der Waals surface area contributed by atoms with E-state index in [-0.39, 0.29) is 24.3 Å². The molecule has 2 amide bonds. The van der Waals surface area contributed by atoms with Crippen molar-refractivity contribution in [3.63, 3.8) is 0 Å². The van der Waals surface area contributed by atoms with Gasteiger partial charge in [-0.2, -0.15) is 5.10 Å². The molecule has 0 aliphatic carbocycles. The first-order valence-corrected chi connectivity index (χ1v) is 8.24. The molecule has 1 aromatic carbocycles. The van der Waals surface area contributed by atoms with Gasteiger partial charge in [-0.15, -0.1) is 0 Å². The van der Waals surface area contributed by atoms with E-state index in [1.807, 2.05) is 51.2 Å². The fourth-order valence-corrected chi connectivity index (χ4v) is 3.23. The number of benzene rings is 1. The van der Waals surface area contributed by atoms with Crippen LogP contribution >= 0.6 is 0 Å². The molecule has 6 nitrogen and oxygen atoms in total. The molecule has 6 heteroatoms. The summed E-state index contributed by atoms with van der Waals surface area (Å²) < 4.78 is 1.74. The van der Waals surface area contributed by atoms with Crippen molar-refractivity contribution in [1.82, 2.24) is 14.7 Å². The van der Waals surface area contributed by atoms with Crippen LogP contribution in [0, 0.1) is 13.8 Å². The Bertz CT molecular complexity index is 866. The molecule has 0 radical (unpaired) electrons. The Morgan fingerprint density at radius 1 is 1.24 bits per heavy atom. The smallest absolute Gasteiger partial charge is 0.226 e. The van der Waals surface area contributed by atoms with Gasteiger partial charge in [0, 0.05) is 20.2 Å². The number of anilines is 1. The summed E-state index contributed by atoms with van der Waals surface area (Å²) in [6, 6.07) is 7.52. The number of nitrogens with one attached hydrogen (secondary N) is 1. The number of carbonyl (C=O) groups is 2. The molecule has 2 heterocycles. The molecule has 1 N–H and O–H groups in total. The maximum absolute atomic E-state index is 12.7. The van der Waals surface area contributed by atoms with E-state index in [2.05, 4.69) is 10.4 Å². The van der Waals surface area contributed by atoms with Gasteiger partial charge in [0.15, 0.2) is 0 Å². The number of fused-ring (bicyclic) bond motifs is 1. The van der Waals surface area contributed by atoms with Crippen LogP contribution in [-0.2, 0) is 16.6 Å². The lowest BCUT2D eigenvalue weighted by atomic mass is 9.93. The fourth-order valence-electron chi connectivity index (χ4n) is 3.23. The van der Waals surface area contributed by atoms with Gasteiger partial charge in [-0.3, -0.25) is 14.3 Å². The minimum absolute atomic E-state index is 0.0858. The van der Waals surface area contributed by atoms with E-state index < -0.39 is 0 Å². The van der Waals surface area contributed by atoms with Crippen LogP contribution in [0.15, 0.2) is 30.5 Å². The zero-order valence-corrected chi connectivity index (χ0v) is 14.9. The average molecular weight is 338 g/mol. The van der Waals surface area contributed by atoms with Crippen molar-refractivity contribution in [2.24, 2.45) is 7.05 Å². The van der Waals surface area contributed by atoms with Gasteiger partial charge in [-0.25, -0.2) is 0 Å². The van der Waals surface area contributed by atoms with Crippen molar-refractivity contribution in [3.05, 3.63) is 53.0 Å². The van der Waals surface area contributed by atoms with Crippen LogP contribution in [0.4, 0.5) is 5.69 Å². The van der Waals surface area contributed by atoms with Crippen molar-refractivity contribution in [2.45, 2.75) is 33.2 Å². The van der Waals surface area contributed by atoms with Crippen LogP contribution in [0.5, 0.6) is 0 Å². The number of hydrogen-bond acceptors (Lipinski definition) is 3. The van der Waals surface area contributed by atoms with E-state index in [1.165, 1.54) is 6.92 Å². The molecule has 0 spiro atoms. The largest absolute Gasteiger partial charge is 0.323 e. The Morgan fingerprint density at radius 2 is 1.96 bits per heavy atom. The lowest BCUT2D eigenvalue weighted by Crippen LogP contribution is -2.33. The fraction of sp³-hybridized carbons (Fsp3) is 0.316. The predicted octanol–water partition coefficient (Wildman–Crippen LogP) is 2.94. The third-order valence-electron chi connectivity index (χ3n) is 4.62. The predicted molar refractivity (Wildman–Crippen MR) is 96.7 cm³/mol. The summed E-state index contributed by atoms with van der Waals surface area (Å²) in [6.45, 7) is 5.29. The summed E-state index contributed by atoms with van der Waals surface area (Å²) in [5, 5.41) is 7.27. The molecule has 3 rings (SSSR count). The highest BCUT2D eigenvalue weighted by Gasteiger charge is 2.28. The van der Waals surface area contributed by atoms with Gasteiger partial charge in [0.1, 0.15) is 0 Å². The summed E-state index contributed by atoms with van der Waals surface area (Å²) in [7, 11) is 1.84. The van der Waals surface area contributed by atoms with Crippen LogP contribution in [0.2, 0.25) is 0 Å². The van der Waals surface area contributed by atoms with Gasteiger partial charge in [-0.1, -0.05) is 24.3 Å².